The van der Waals surface area contributed by atoms with Gasteiger partial charge in [-0.25, -0.2) is 18.9 Å². The van der Waals surface area contributed by atoms with Gasteiger partial charge in [-0.2, -0.15) is 0 Å². The van der Waals surface area contributed by atoms with E-state index in [1.807, 2.05) is 69.3 Å². The van der Waals surface area contributed by atoms with Gasteiger partial charge in [0.25, 0.3) is 5.88 Å². The standard InChI is InChI=1S/C26H23N5O3/c1-16-8-6-10-19(14-16)27-23(32)15-30-26(33)31-21-12-5-4-11-20(21)28-25(24(31)29-30)34-22-13-7-9-17(2)18(22)3/h4-14H,15H2,1-3H3,(H,27,32). The number of nitrogens with one attached hydrogen (secondary N) is 1. The Morgan fingerprint density at radius 2 is 1.79 bits per heavy atom. The van der Waals surface area contributed by atoms with E-state index in [4.69, 9.17) is 4.74 Å². The van der Waals surface area contributed by atoms with Crippen LogP contribution in [0.1, 0.15) is 16.7 Å². The number of hydrogen-bond donors (Lipinski definition) is 1. The van der Waals surface area contributed by atoms with Crippen molar-refractivity contribution in [1.82, 2.24) is 19.2 Å². The molecule has 0 aliphatic heterocycles. The van der Waals surface area contributed by atoms with Crippen LogP contribution in [-0.4, -0.2) is 25.1 Å². The molecule has 0 fully saturated rings. The molecule has 5 aromatic rings. The lowest BCUT2D eigenvalue weighted by Crippen LogP contribution is -2.28. The van der Waals surface area contributed by atoms with Gasteiger partial charge in [0.05, 0.1) is 11.0 Å². The molecule has 0 unspecified atom stereocenters. The SMILES string of the molecule is Cc1cccc(NC(=O)Cn2nc3c(Oc4cccc(C)c4C)nc4ccccc4n3c2=O)c1. The Hall–Kier alpha value is -4.46. The first kappa shape index (κ1) is 21.4. The van der Waals surface area contributed by atoms with Crippen LogP contribution in [0.15, 0.2) is 71.5 Å². The number of nitrogens with zero attached hydrogens (tertiary/aromatic N) is 4. The normalized spacial score (nSPS) is 11.1. The van der Waals surface area contributed by atoms with E-state index in [1.165, 1.54) is 4.40 Å². The molecule has 34 heavy (non-hydrogen) atoms. The Morgan fingerprint density at radius 1 is 1.00 bits per heavy atom. The van der Waals surface area contributed by atoms with Gasteiger partial charge < -0.3 is 10.1 Å². The second kappa shape index (κ2) is 8.47. The van der Waals surface area contributed by atoms with Crippen LogP contribution in [0, 0.1) is 20.8 Å². The molecule has 8 nitrogen and oxygen atoms in total. The summed E-state index contributed by atoms with van der Waals surface area (Å²) >= 11 is 0. The zero-order valence-corrected chi connectivity index (χ0v) is 19.1. The van der Waals surface area contributed by atoms with Crippen LogP contribution in [-0.2, 0) is 11.3 Å². The predicted octanol–water partition coefficient (Wildman–Crippen LogP) is 4.40. The number of aryl methyl sites for hydroxylation is 2. The van der Waals surface area contributed by atoms with E-state index in [2.05, 4.69) is 15.4 Å². The van der Waals surface area contributed by atoms with E-state index in [1.54, 1.807) is 18.2 Å². The van der Waals surface area contributed by atoms with E-state index >= 15 is 0 Å². The molecular weight excluding hydrogens is 430 g/mol. The third-order valence-electron chi connectivity index (χ3n) is 5.73. The predicted molar refractivity (Wildman–Crippen MR) is 131 cm³/mol. The summed E-state index contributed by atoms with van der Waals surface area (Å²) in [6, 6.07) is 20.5. The fourth-order valence-corrected chi connectivity index (χ4v) is 3.84. The largest absolute Gasteiger partial charge is 0.436 e. The molecule has 0 spiro atoms. The van der Waals surface area contributed by atoms with E-state index < -0.39 is 5.69 Å². The van der Waals surface area contributed by atoms with Crippen molar-refractivity contribution in [3.63, 3.8) is 0 Å². The highest BCUT2D eigenvalue weighted by molar-refractivity contribution is 5.90. The lowest BCUT2D eigenvalue weighted by molar-refractivity contribution is -0.117. The monoisotopic (exact) mass is 453 g/mol. The van der Waals surface area contributed by atoms with Crippen molar-refractivity contribution in [3.05, 3.63) is 93.9 Å². The molecule has 0 aliphatic carbocycles. The minimum absolute atomic E-state index is 0.197. The number of aromatic nitrogens is 4. The number of hydrogen-bond acceptors (Lipinski definition) is 5. The van der Waals surface area contributed by atoms with E-state index in [-0.39, 0.29) is 24.0 Å². The molecular formula is C26H23N5O3. The topological polar surface area (TPSA) is 90.5 Å². The quantitative estimate of drug-likeness (QED) is 0.426. The molecule has 0 atom stereocenters. The Morgan fingerprint density at radius 3 is 2.62 bits per heavy atom. The van der Waals surface area contributed by atoms with Gasteiger partial charge in [-0.15, -0.1) is 5.10 Å². The van der Waals surface area contributed by atoms with Crippen LogP contribution in [0.2, 0.25) is 0 Å². The third-order valence-corrected chi connectivity index (χ3v) is 5.73. The fraction of sp³-hybridized carbons (Fsp3) is 0.154. The number of ether oxygens (including phenoxy) is 1. The highest BCUT2D eigenvalue weighted by atomic mass is 16.5. The smallest absolute Gasteiger partial charge is 0.351 e. The average Bonchev–Trinajstić information content (AvgIpc) is 3.13. The van der Waals surface area contributed by atoms with Gasteiger partial charge in [-0.05, 0) is 67.8 Å². The molecule has 1 amide bonds. The maximum atomic E-state index is 13.3. The lowest BCUT2D eigenvalue weighted by Gasteiger charge is -2.11. The van der Waals surface area contributed by atoms with Crippen LogP contribution in [0.5, 0.6) is 11.6 Å². The molecule has 0 bridgehead atoms. The molecule has 170 valence electrons. The zero-order chi connectivity index (χ0) is 23.8. The Bertz CT molecular complexity index is 1620. The summed E-state index contributed by atoms with van der Waals surface area (Å²) in [5.41, 5.74) is 4.69. The van der Waals surface area contributed by atoms with Crippen molar-refractivity contribution in [3.8, 4) is 11.6 Å². The number of benzene rings is 3. The average molecular weight is 454 g/mol. The molecule has 8 heteroatoms. The summed E-state index contributed by atoms with van der Waals surface area (Å²) in [4.78, 5) is 30.6. The number of anilines is 1. The molecule has 2 heterocycles. The maximum absolute atomic E-state index is 13.3. The summed E-state index contributed by atoms with van der Waals surface area (Å²) < 4.78 is 8.71. The van der Waals surface area contributed by atoms with Gasteiger partial charge in [0.2, 0.25) is 11.6 Å². The Kier molecular flexibility index (Phi) is 5.33. The van der Waals surface area contributed by atoms with Gasteiger partial charge in [-0.1, -0.05) is 36.4 Å². The minimum Gasteiger partial charge on any atom is -0.436 e. The van der Waals surface area contributed by atoms with Crippen molar-refractivity contribution in [2.24, 2.45) is 0 Å². The van der Waals surface area contributed by atoms with Crippen LogP contribution in [0.4, 0.5) is 5.69 Å². The van der Waals surface area contributed by atoms with Crippen LogP contribution >= 0.6 is 0 Å². The fourth-order valence-electron chi connectivity index (χ4n) is 3.84. The second-order valence-electron chi connectivity index (χ2n) is 8.22. The van der Waals surface area contributed by atoms with E-state index in [0.29, 0.717) is 22.5 Å². The number of amides is 1. The Balaban J connectivity index is 1.58. The first-order valence-corrected chi connectivity index (χ1v) is 10.9. The highest BCUT2D eigenvalue weighted by Crippen LogP contribution is 2.29. The van der Waals surface area contributed by atoms with E-state index in [0.717, 1.165) is 21.4 Å². The van der Waals surface area contributed by atoms with Crippen LogP contribution in [0.25, 0.3) is 16.7 Å². The summed E-state index contributed by atoms with van der Waals surface area (Å²) in [5, 5.41) is 7.24. The molecule has 2 aromatic heterocycles. The summed E-state index contributed by atoms with van der Waals surface area (Å²) in [6.07, 6.45) is 0. The summed E-state index contributed by atoms with van der Waals surface area (Å²) in [6.45, 7) is 5.66. The second-order valence-corrected chi connectivity index (χ2v) is 8.22. The molecule has 0 radical (unpaired) electrons. The Labute approximate surface area is 195 Å². The molecule has 0 saturated heterocycles. The number of rotatable bonds is 5. The van der Waals surface area contributed by atoms with E-state index in [9.17, 15) is 9.59 Å². The molecule has 1 N–H and O–H groups in total. The number of carbonyl (C=O) groups excluding carboxylic acids is 1. The van der Waals surface area contributed by atoms with Crippen molar-refractivity contribution in [2.75, 3.05) is 5.32 Å². The lowest BCUT2D eigenvalue weighted by atomic mass is 10.1. The van der Waals surface area contributed by atoms with Gasteiger partial charge in [0, 0.05) is 5.69 Å². The molecule has 5 rings (SSSR count). The highest BCUT2D eigenvalue weighted by Gasteiger charge is 2.19. The number of fused-ring (bicyclic) bond motifs is 3. The van der Waals surface area contributed by atoms with Crippen LogP contribution < -0.4 is 15.7 Å². The molecule has 0 aliphatic rings. The molecule has 3 aromatic carbocycles. The molecule has 0 saturated carbocycles. The van der Waals surface area contributed by atoms with Crippen molar-refractivity contribution in [1.29, 1.82) is 0 Å². The summed E-state index contributed by atoms with van der Waals surface area (Å²) in [7, 11) is 0. The van der Waals surface area contributed by atoms with Crippen molar-refractivity contribution in [2.45, 2.75) is 27.3 Å². The van der Waals surface area contributed by atoms with Crippen molar-refractivity contribution < 1.29 is 9.53 Å². The zero-order valence-electron chi connectivity index (χ0n) is 19.1. The van der Waals surface area contributed by atoms with Gasteiger partial charge >= 0.3 is 5.69 Å². The first-order chi connectivity index (χ1) is 16.4. The van der Waals surface area contributed by atoms with Crippen molar-refractivity contribution >= 4 is 28.3 Å². The van der Waals surface area contributed by atoms with Crippen LogP contribution in [0.3, 0.4) is 0 Å². The first-order valence-electron chi connectivity index (χ1n) is 10.9. The van der Waals surface area contributed by atoms with Gasteiger partial charge in [-0.3, -0.25) is 4.79 Å². The third kappa shape index (κ3) is 3.90. The maximum Gasteiger partial charge on any atom is 0.351 e. The summed E-state index contributed by atoms with van der Waals surface area (Å²) in [5.74, 6) is 0.469. The van der Waals surface area contributed by atoms with Gasteiger partial charge in [0.15, 0.2) is 0 Å². The van der Waals surface area contributed by atoms with Gasteiger partial charge in [0.1, 0.15) is 12.3 Å². The minimum atomic E-state index is -0.446. The number of para-hydroxylation sites is 2. The number of carbonyl (C=O) groups is 1.